The molecule has 3 aromatic rings. The van der Waals surface area contributed by atoms with Crippen molar-refractivity contribution in [3.05, 3.63) is 70.8 Å². The van der Waals surface area contributed by atoms with Crippen LogP contribution in [0.2, 0.25) is 0 Å². The number of nitriles is 1. The van der Waals surface area contributed by atoms with Crippen LogP contribution in [0, 0.1) is 11.3 Å². The zero-order chi connectivity index (χ0) is 24.0. The van der Waals surface area contributed by atoms with Crippen LogP contribution < -0.4 is 28.4 Å². The predicted octanol–water partition coefficient (Wildman–Crippen LogP) is 4.79. The molecule has 0 unspecified atom stereocenters. The maximum Gasteiger partial charge on any atom is 0.164 e. The molecule has 0 aromatic heterocycles. The lowest BCUT2D eigenvalue weighted by molar-refractivity contribution is 0.345. The van der Waals surface area contributed by atoms with Gasteiger partial charge in [0.25, 0.3) is 0 Å². The van der Waals surface area contributed by atoms with E-state index in [2.05, 4.69) is 6.07 Å². The van der Waals surface area contributed by atoms with Gasteiger partial charge in [0, 0.05) is 29.2 Å². The van der Waals surface area contributed by atoms with Crippen molar-refractivity contribution in [3.63, 3.8) is 0 Å². The minimum absolute atomic E-state index is 0.345. The van der Waals surface area contributed by atoms with E-state index in [4.69, 9.17) is 28.4 Å². The fourth-order valence-electron chi connectivity index (χ4n) is 3.83. The van der Waals surface area contributed by atoms with Crippen molar-refractivity contribution in [3.8, 4) is 40.6 Å². The van der Waals surface area contributed by atoms with Gasteiger partial charge in [-0.25, -0.2) is 0 Å². The molecule has 0 bridgehead atoms. The minimum atomic E-state index is -0.345. The van der Waals surface area contributed by atoms with Gasteiger partial charge in [-0.15, -0.1) is 0 Å². The third kappa shape index (κ3) is 4.60. The zero-order valence-electron chi connectivity index (χ0n) is 19.6. The molecule has 0 aliphatic rings. The van der Waals surface area contributed by atoms with E-state index in [0.29, 0.717) is 40.1 Å². The van der Waals surface area contributed by atoms with Crippen molar-refractivity contribution in [2.24, 2.45) is 0 Å². The highest BCUT2D eigenvalue weighted by Crippen LogP contribution is 2.47. The van der Waals surface area contributed by atoms with Crippen LogP contribution in [-0.4, -0.2) is 42.7 Å². The summed E-state index contributed by atoms with van der Waals surface area (Å²) in [5.41, 5.74) is 3.14. The summed E-state index contributed by atoms with van der Waals surface area (Å²) in [6.45, 7) is 0. The van der Waals surface area contributed by atoms with E-state index in [1.165, 1.54) is 0 Å². The van der Waals surface area contributed by atoms with E-state index in [1.807, 2.05) is 24.3 Å². The number of nitrogens with zero attached hydrogens (tertiary/aromatic N) is 1. The minimum Gasteiger partial charge on any atom is -0.496 e. The summed E-state index contributed by atoms with van der Waals surface area (Å²) >= 11 is 0. The summed E-state index contributed by atoms with van der Waals surface area (Å²) in [7, 11) is 9.53. The van der Waals surface area contributed by atoms with Crippen LogP contribution in [0.1, 0.15) is 28.2 Å². The van der Waals surface area contributed by atoms with Crippen LogP contribution in [0.3, 0.4) is 0 Å². The van der Waals surface area contributed by atoms with Crippen LogP contribution in [0.5, 0.6) is 34.5 Å². The Labute approximate surface area is 194 Å². The number of methoxy groups -OCH3 is 6. The van der Waals surface area contributed by atoms with Crippen molar-refractivity contribution in [1.82, 2.24) is 0 Å². The van der Waals surface area contributed by atoms with E-state index < -0.39 is 0 Å². The molecule has 0 saturated carbocycles. The maximum atomic E-state index is 9.27. The fraction of sp³-hybridized carbons (Fsp3) is 0.269. The molecule has 0 N–H and O–H groups in total. The molecule has 0 atom stereocenters. The number of rotatable bonds is 9. The molecular weight excluding hydrogens is 422 g/mol. The SMILES string of the molecule is COc1cc(OC)c(C(c2ccc(C#N)cc2)c2cc(OC)c(OC)cc2OC)cc1OC. The lowest BCUT2D eigenvalue weighted by Crippen LogP contribution is -2.09. The molecule has 0 aliphatic heterocycles. The summed E-state index contributed by atoms with van der Waals surface area (Å²) in [6.07, 6.45) is 0. The van der Waals surface area contributed by atoms with Gasteiger partial charge in [0.1, 0.15) is 11.5 Å². The van der Waals surface area contributed by atoms with Crippen LogP contribution in [-0.2, 0) is 0 Å². The quantitative estimate of drug-likeness (QED) is 0.435. The van der Waals surface area contributed by atoms with E-state index in [-0.39, 0.29) is 5.92 Å². The summed E-state index contributed by atoms with van der Waals surface area (Å²) in [4.78, 5) is 0. The second kappa shape index (κ2) is 10.5. The highest BCUT2D eigenvalue weighted by Gasteiger charge is 2.28. The molecule has 7 nitrogen and oxygen atoms in total. The van der Waals surface area contributed by atoms with Gasteiger partial charge in [0.2, 0.25) is 0 Å². The molecule has 3 aromatic carbocycles. The van der Waals surface area contributed by atoms with Crippen LogP contribution in [0.15, 0.2) is 48.5 Å². The molecule has 0 aliphatic carbocycles. The molecule has 172 valence electrons. The summed E-state index contributed by atoms with van der Waals surface area (Å²) in [5, 5.41) is 9.27. The van der Waals surface area contributed by atoms with Gasteiger partial charge in [-0.1, -0.05) is 12.1 Å². The largest absolute Gasteiger partial charge is 0.496 e. The normalized spacial score (nSPS) is 10.4. The Morgan fingerprint density at radius 1 is 0.545 bits per heavy atom. The van der Waals surface area contributed by atoms with E-state index in [0.717, 1.165) is 16.7 Å². The smallest absolute Gasteiger partial charge is 0.164 e. The molecule has 33 heavy (non-hydrogen) atoms. The molecule has 0 amide bonds. The second-order valence-corrected chi connectivity index (χ2v) is 7.07. The first-order chi connectivity index (χ1) is 16.0. The Morgan fingerprint density at radius 3 is 1.24 bits per heavy atom. The van der Waals surface area contributed by atoms with Gasteiger partial charge >= 0.3 is 0 Å². The lowest BCUT2D eigenvalue weighted by atomic mass is 9.83. The Kier molecular flexibility index (Phi) is 7.52. The molecular formula is C26H27NO6. The standard InChI is InChI=1S/C26H27NO6/c1-28-20-13-24(32-5)22(30-3)11-18(20)26(17-9-7-16(15-27)8-10-17)19-12-23(31-4)25(33-6)14-21(19)29-2/h7-14,26H,1-6H3. The monoisotopic (exact) mass is 449 g/mol. The average Bonchev–Trinajstić information content (AvgIpc) is 2.88. The van der Waals surface area contributed by atoms with Crippen LogP contribution in [0.4, 0.5) is 0 Å². The van der Waals surface area contributed by atoms with Crippen molar-refractivity contribution in [2.45, 2.75) is 5.92 Å². The first kappa shape index (κ1) is 23.6. The van der Waals surface area contributed by atoms with Crippen molar-refractivity contribution < 1.29 is 28.4 Å². The van der Waals surface area contributed by atoms with Crippen LogP contribution >= 0.6 is 0 Å². The lowest BCUT2D eigenvalue weighted by Gasteiger charge is -2.25. The number of ether oxygens (including phenoxy) is 6. The summed E-state index contributed by atoms with van der Waals surface area (Å²) in [5.74, 6) is 3.10. The van der Waals surface area contributed by atoms with Crippen LogP contribution in [0.25, 0.3) is 0 Å². The first-order valence-electron chi connectivity index (χ1n) is 10.1. The molecule has 0 saturated heterocycles. The summed E-state index contributed by atoms with van der Waals surface area (Å²) in [6, 6.07) is 16.9. The fourth-order valence-corrected chi connectivity index (χ4v) is 3.83. The van der Waals surface area contributed by atoms with Crippen molar-refractivity contribution in [2.75, 3.05) is 42.7 Å². The second-order valence-electron chi connectivity index (χ2n) is 7.07. The van der Waals surface area contributed by atoms with Gasteiger partial charge < -0.3 is 28.4 Å². The Hall–Kier alpha value is -4.05. The third-order valence-electron chi connectivity index (χ3n) is 5.47. The Morgan fingerprint density at radius 2 is 0.909 bits per heavy atom. The molecule has 0 radical (unpaired) electrons. The van der Waals surface area contributed by atoms with E-state index in [1.54, 1.807) is 66.9 Å². The van der Waals surface area contributed by atoms with Gasteiger partial charge in [-0.05, 0) is 29.8 Å². The van der Waals surface area contributed by atoms with E-state index >= 15 is 0 Å². The van der Waals surface area contributed by atoms with Crippen molar-refractivity contribution in [1.29, 1.82) is 5.26 Å². The zero-order valence-corrected chi connectivity index (χ0v) is 19.6. The highest BCUT2D eigenvalue weighted by molar-refractivity contribution is 5.62. The molecule has 0 fully saturated rings. The summed E-state index contributed by atoms with van der Waals surface area (Å²) < 4.78 is 33.6. The van der Waals surface area contributed by atoms with Crippen molar-refractivity contribution >= 4 is 0 Å². The van der Waals surface area contributed by atoms with Gasteiger partial charge in [-0.2, -0.15) is 5.26 Å². The molecule has 7 heteroatoms. The number of hydrogen-bond donors (Lipinski definition) is 0. The number of benzene rings is 3. The average molecular weight is 450 g/mol. The van der Waals surface area contributed by atoms with E-state index in [9.17, 15) is 5.26 Å². The Balaban J connectivity index is 2.37. The highest BCUT2D eigenvalue weighted by atomic mass is 16.5. The maximum absolute atomic E-state index is 9.27. The first-order valence-corrected chi connectivity index (χ1v) is 10.1. The molecule has 3 rings (SSSR count). The Bertz CT molecular complexity index is 1090. The molecule has 0 heterocycles. The van der Waals surface area contributed by atoms with Gasteiger partial charge in [-0.3, -0.25) is 0 Å². The molecule has 0 spiro atoms. The predicted molar refractivity (Wildman–Crippen MR) is 124 cm³/mol. The third-order valence-corrected chi connectivity index (χ3v) is 5.47. The number of hydrogen-bond acceptors (Lipinski definition) is 7. The van der Waals surface area contributed by atoms with Gasteiger partial charge in [0.05, 0.1) is 54.3 Å². The topological polar surface area (TPSA) is 79.2 Å². The van der Waals surface area contributed by atoms with Gasteiger partial charge in [0.15, 0.2) is 23.0 Å².